The van der Waals surface area contributed by atoms with Crippen molar-refractivity contribution in [3.05, 3.63) is 90.9 Å². The molecule has 1 aliphatic rings. The molecule has 1 heterocycles. The monoisotopic (exact) mass is 653 g/mol. The van der Waals surface area contributed by atoms with Crippen LogP contribution in [0, 0.1) is 27.7 Å². The average molecular weight is 655 g/mol. The lowest BCUT2D eigenvalue weighted by Crippen LogP contribution is -2.54. The van der Waals surface area contributed by atoms with Gasteiger partial charge in [0.25, 0.3) is 17.7 Å². The van der Waals surface area contributed by atoms with E-state index < -0.39 is 17.8 Å². The minimum Gasteiger partial charge on any atom is -0.481 e. The second-order valence-corrected chi connectivity index (χ2v) is 10.8. The minimum absolute atomic E-state index is 0.201. The number of rotatable bonds is 6. The number of hydrogen-bond donors (Lipinski definition) is 2. The molecular formula is C29H25Br2N3O5. The molecule has 39 heavy (non-hydrogen) atoms. The second-order valence-electron chi connectivity index (χ2n) is 9.12. The van der Waals surface area contributed by atoms with Crippen LogP contribution in [-0.4, -0.2) is 30.4 Å². The quantitative estimate of drug-likeness (QED) is 0.246. The smallest absolute Gasteiger partial charge is 0.335 e. The van der Waals surface area contributed by atoms with Gasteiger partial charge in [-0.3, -0.25) is 19.7 Å². The van der Waals surface area contributed by atoms with Crippen molar-refractivity contribution in [2.45, 2.75) is 27.7 Å². The number of amides is 5. The highest BCUT2D eigenvalue weighted by Crippen LogP contribution is 2.36. The first-order valence-corrected chi connectivity index (χ1v) is 13.5. The molecule has 0 radical (unpaired) electrons. The van der Waals surface area contributed by atoms with E-state index in [2.05, 4.69) is 42.5 Å². The van der Waals surface area contributed by atoms with Crippen LogP contribution in [0.3, 0.4) is 0 Å². The van der Waals surface area contributed by atoms with Crippen molar-refractivity contribution < 1.29 is 23.9 Å². The van der Waals surface area contributed by atoms with Crippen molar-refractivity contribution in [2.24, 2.45) is 0 Å². The van der Waals surface area contributed by atoms with Gasteiger partial charge in [0.05, 0.1) is 14.6 Å². The van der Waals surface area contributed by atoms with Crippen LogP contribution in [0.25, 0.3) is 6.08 Å². The van der Waals surface area contributed by atoms with Crippen LogP contribution in [0.1, 0.15) is 27.8 Å². The molecule has 8 nitrogen and oxygen atoms in total. The maximum atomic E-state index is 13.2. The van der Waals surface area contributed by atoms with Crippen LogP contribution in [0.15, 0.2) is 63.0 Å². The zero-order valence-electron chi connectivity index (χ0n) is 21.6. The van der Waals surface area contributed by atoms with Crippen molar-refractivity contribution in [1.29, 1.82) is 0 Å². The van der Waals surface area contributed by atoms with Crippen molar-refractivity contribution in [2.75, 3.05) is 16.8 Å². The first-order valence-electron chi connectivity index (χ1n) is 11.9. The van der Waals surface area contributed by atoms with Crippen LogP contribution in [0.5, 0.6) is 5.75 Å². The van der Waals surface area contributed by atoms with Crippen molar-refractivity contribution in [3.8, 4) is 5.75 Å². The molecule has 3 aromatic rings. The highest BCUT2D eigenvalue weighted by Gasteiger charge is 2.37. The molecule has 0 bridgehead atoms. The molecule has 4 rings (SSSR count). The summed E-state index contributed by atoms with van der Waals surface area (Å²) in [6.07, 6.45) is 1.39. The Bertz CT molecular complexity index is 1540. The number of anilines is 2. The summed E-state index contributed by atoms with van der Waals surface area (Å²) in [4.78, 5) is 51.8. The summed E-state index contributed by atoms with van der Waals surface area (Å²) in [5.74, 6) is -1.47. The topological polar surface area (TPSA) is 105 Å². The van der Waals surface area contributed by atoms with Crippen LogP contribution in [-0.2, 0) is 14.4 Å². The van der Waals surface area contributed by atoms with E-state index in [4.69, 9.17) is 4.74 Å². The Morgan fingerprint density at radius 1 is 0.949 bits per heavy atom. The van der Waals surface area contributed by atoms with Crippen molar-refractivity contribution >= 4 is 73.1 Å². The van der Waals surface area contributed by atoms with Crippen molar-refractivity contribution in [3.63, 3.8) is 0 Å². The molecule has 2 N–H and O–H groups in total. The summed E-state index contributed by atoms with van der Waals surface area (Å²) < 4.78 is 6.73. The molecule has 5 amide bonds. The van der Waals surface area contributed by atoms with Gasteiger partial charge in [0, 0.05) is 5.69 Å². The molecule has 0 atom stereocenters. The van der Waals surface area contributed by atoms with E-state index in [9.17, 15) is 19.2 Å². The molecule has 3 aromatic carbocycles. The number of barbiturate groups is 1. The Balaban J connectivity index is 1.53. The summed E-state index contributed by atoms with van der Waals surface area (Å²) in [5.41, 5.74) is 5.33. The van der Waals surface area contributed by atoms with Crippen LogP contribution >= 0.6 is 31.9 Å². The summed E-state index contributed by atoms with van der Waals surface area (Å²) in [7, 11) is 0. The molecule has 0 saturated carbocycles. The normalized spacial score (nSPS) is 14.5. The molecule has 10 heteroatoms. The Morgan fingerprint density at radius 3 is 2.31 bits per heavy atom. The molecule has 1 fully saturated rings. The van der Waals surface area contributed by atoms with Gasteiger partial charge in [-0.15, -0.1) is 0 Å². The van der Waals surface area contributed by atoms with Gasteiger partial charge in [-0.05, 0) is 124 Å². The van der Waals surface area contributed by atoms with E-state index in [1.807, 2.05) is 45.9 Å². The fraction of sp³-hybridized carbons (Fsp3) is 0.172. The van der Waals surface area contributed by atoms with E-state index in [1.165, 1.54) is 6.08 Å². The summed E-state index contributed by atoms with van der Waals surface area (Å²) in [6.45, 7) is 7.46. The lowest BCUT2D eigenvalue weighted by atomic mass is 10.1. The highest BCUT2D eigenvalue weighted by molar-refractivity contribution is 9.11. The van der Waals surface area contributed by atoms with Crippen LogP contribution in [0.4, 0.5) is 16.2 Å². The van der Waals surface area contributed by atoms with Gasteiger partial charge in [-0.25, -0.2) is 9.69 Å². The number of benzene rings is 3. The van der Waals surface area contributed by atoms with Gasteiger partial charge < -0.3 is 10.1 Å². The SMILES string of the molecule is Cc1ccc(N2C(=O)NC(=O)/C(=C/c3cc(Br)c(OCC(=O)Nc4cccc(C)c4C)c(Br)c3)C2=O)cc1C. The maximum Gasteiger partial charge on any atom is 0.335 e. The number of nitrogens with zero attached hydrogens (tertiary/aromatic N) is 1. The number of carbonyl (C=O) groups is 4. The summed E-state index contributed by atoms with van der Waals surface area (Å²) in [6, 6.07) is 13.3. The predicted octanol–water partition coefficient (Wildman–Crippen LogP) is 6.13. The molecule has 0 aliphatic carbocycles. The average Bonchev–Trinajstić information content (AvgIpc) is 2.86. The number of carbonyl (C=O) groups excluding carboxylic acids is 4. The van der Waals surface area contributed by atoms with Gasteiger partial charge in [0.15, 0.2) is 6.61 Å². The highest BCUT2D eigenvalue weighted by atomic mass is 79.9. The maximum absolute atomic E-state index is 13.2. The number of aryl methyl sites for hydroxylation is 3. The van der Waals surface area contributed by atoms with Gasteiger partial charge in [0.1, 0.15) is 11.3 Å². The van der Waals surface area contributed by atoms with E-state index in [0.717, 1.165) is 27.2 Å². The molecule has 200 valence electrons. The van der Waals surface area contributed by atoms with Crippen LogP contribution in [0.2, 0.25) is 0 Å². The molecule has 1 saturated heterocycles. The van der Waals surface area contributed by atoms with Crippen LogP contribution < -0.4 is 20.3 Å². The lowest BCUT2D eigenvalue weighted by Gasteiger charge is -2.27. The van der Waals surface area contributed by atoms with E-state index in [1.54, 1.807) is 30.3 Å². The Labute approximate surface area is 242 Å². The van der Waals surface area contributed by atoms with Gasteiger partial charge in [-0.2, -0.15) is 0 Å². The third-order valence-electron chi connectivity index (χ3n) is 6.41. The molecule has 1 aliphatic heterocycles. The van der Waals surface area contributed by atoms with E-state index >= 15 is 0 Å². The molecule has 0 spiro atoms. The standard InChI is InChI=1S/C29H25Br2N3O5/c1-15-8-9-20(10-17(15)3)34-28(37)21(27(36)33-29(34)38)11-19-12-22(30)26(23(31)13-19)39-14-25(35)32-24-7-5-6-16(2)18(24)4/h5-13H,14H2,1-4H3,(H,32,35)(H,33,36,38)/b21-11-. The Kier molecular flexibility index (Phi) is 8.36. The zero-order valence-corrected chi connectivity index (χ0v) is 24.8. The zero-order chi connectivity index (χ0) is 28.4. The number of imide groups is 2. The minimum atomic E-state index is -0.810. The first-order chi connectivity index (χ1) is 18.5. The third kappa shape index (κ3) is 6.12. The van der Waals surface area contributed by atoms with Gasteiger partial charge in [0.2, 0.25) is 0 Å². The van der Waals surface area contributed by atoms with Gasteiger partial charge in [-0.1, -0.05) is 18.2 Å². The lowest BCUT2D eigenvalue weighted by molar-refractivity contribution is -0.122. The number of urea groups is 1. The fourth-order valence-corrected chi connectivity index (χ4v) is 5.39. The summed E-state index contributed by atoms with van der Waals surface area (Å²) in [5, 5.41) is 5.07. The second kappa shape index (κ2) is 11.5. The molecule has 0 unspecified atom stereocenters. The predicted molar refractivity (Wildman–Crippen MR) is 157 cm³/mol. The fourth-order valence-electron chi connectivity index (χ4n) is 3.93. The number of ether oxygens (including phenoxy) is 1. The summed E-state index contributed by atoms with van der Waals surface area (Å²) >= 11 is 6.88. The van der Waals surface area contributed by atoms with Gasteiger partial charge >= 0.3 is 6.03 Å². The Hall–Kier alpha value is -3.76. The number of nitrogens with one attached hydrogen (secondary N) is 2. The Morgan fingerprint density at radius 2 is 1.64 bits per heavy atom. The molecule has 0 aromatic heterocycles. The van der Waals surface area contributed by atoms with E-state index in [-0.39, 0.29) is 18.1 Å². The third-order valence-corrected chi connectivity index (χ3v) is 7.59. The number of halogens is 2. The molecular weight excluding hydrogens is 630 g/mol. The number of hydrogen-bond acceptors (Lipinski definition) is 5. The first kappa shape index (κ1) is 28.3. The largest absolute Gasteiger partial charge is 0.481 e. The van der Waals surface area contributed by atoms with Crippen molar-refractivity contribution in [1.82, 2.24) is 5.32 Å². The van der Waals surface area contributed by atoms with E-state index in [0.29, 0.717) is 31.6 Å².